The molecule has 0 aromatic heterocycles. The van der Waals surface area contributed by atoms with Gasteiger partial charge in [-0.2, -0.15) is 0 Å². The molecule has 0 fully saturated rings. The molecule has 80 valence electrons. The van der Waals surface area contributed by atoms with Crippen LogP contribution >= 0.6 is 0 Å². The first-order chi connectivity index (χ1) is 6.52. The zero-order valence-corrected chi connectivity index (χ0v) is 8.21. The van der Waals surface area contributed by atoms with Gasteiger partial charge in [0.25, 0.3) is 0 Å². The Bertz CT molecular complexity index is 237. The fourth-order valence-corrected chi connectivity index (χ4v) is 0.608. The van der Waals surface area contributed by atoms with Crippen molar-refractivity contribution in [2.45, 2.75) is 20.0 Å². The van der Waals surface area contributed by atoms with Gasteiger partial charge in [-0.1, -0.05) is 6.58 Å². The van der Waals surface area contributed by atoms with Crippen LogP contribution in [0.4, 0.5) is 4.39 Å². The maximum Gasteiger partial charge on any atom is 0.350 e. The Balaban J connectivity index is 4.21. The fraction of sp³-hybridized carbons (Fsp3) is 0.556. The van der Waals surface area contributed by atoms with Gasteiger partial charge < -0.3 is 9.47 Å². The Hall–Kier alpha value is -1.39. The summed E-state index contributed by atoms with van der Waals surface area (Å²) in [6, 6.07) is 0. The second-order valence-corrected chi connectivity index (χ2v) is 2.58. The molecule has 0 saturated carbocycles. The topological polar surface area (TPSA) is 52.6 Å². The number of carbonyl (C=O) groups excluding carboxylic acids is 2. The zero-order valence-electron chi connectivity index (χ0n) is 8.21. The van der Waals surface area contributed by atoms with Gasteiger partial charge >= 0.3 is 11.9 Å². The number of carbonyl (C=O) groups is 2. The number of halogens is 1. The molecular weight excluding hydrogens is 191 g/mol. The van der Waals surface area contributed by atoms with Crippen LogP contribution in [0.25, 0.3) is 0 Å². The van der Waals surface area contributed by atoms with Crippen LogP contribution in [0, 0.1) is 0 Å². The first kappa shape index (κ1) is 12.6. The normalized spacial score (nSPS) is 11.6. The van der Waals surface area contributed by atoms with Crippen molar-refractivity contribution < 1.29 is 23.5 Å². The van der Waals surface area contributed by atoms with Crippen LogP contribution in [0.3, 0.4) is 0 Å². The molecule has 14 heavy (non-hydrogen) atoms. The van der Waals surface area contributed by atoms with E-state index in [-0.39, 0.29) is 12.2 Å². The summed E-state index contributed by atoms with van der Waals surface area (Å²) in [5.74, 6) is -1.69. The Kier molecular flexibility index (Phi) is 5.52. The van der Waals surface area contributed by atoms with Gasteiger partial charge in [0, 0.05) is 5.57 Å². The van der Waals surface area contributed by atoms with Crippen LogP contribution < -0.4 is 0 Å². The molecule has 1 unspecified atom stereocenters. The van der Waals surface area contributed by atoms with Crippen LogP contribution in [-0.2, 0) is 19.1 Å². The van der Waals surface area contributed by atoms with Crippen LogP contribution in [0.15, 0.2) is 12.2 Å². The third-order valence-corrected chi connectivity index (χ3v) is 1.29. The number of hydrogen-bond donors (Lipinski definition) is 0. The number of rotatable bonds is 5. The molecule has 0 spiro atoms. The third-order valence-electron chi connectivity index (χ3n) is 1.29. The summed E-state index contributed by atoms with van der Waals surface area (Å²) in [6.07, 6.45) is -1.49. The molecule has 0 aliphatic rings. The van der Waals surface area contributed by atoms with Gasteiger partial charge in [0.2, 0.25) is 6.10 Å². The first-order valence-electron chi connectivity index (χ1n) is 4.12. The smallest absolute Gasteiger partial charge is 0.350 e. The van der Waals surface area contributed by atoms with Gasteiger partial charge in [-0.25, -0.2) is 14.0 Å². The predicted octanol–water partition coefficient (Wildman–Crippen LogP) is 1.01. The lowest BCUT2D eigenvalue weighted by Gasteiger charge is -2.12. The molecule has 1 atom stereocenters. The standard InChI is InChI=1S/C9H13FO4/c1-4-13-9(12)7(5-10)14-8(11)6(2)3/h7H,2,4-5H2,1,3H3. The SMILES string of the molecule is C=C(C)C(=O)OC(CF)C(=O)OCC. The van der Waals surface area contributed by atoms with Crippen molar-refractivity contribution in [1.82, 2.24) is 0 Å². The Morgan fingerprint density at radius 1 is 1.50 bits per heavy atom. The summed E-state index contributed by atoms with van der Waals surface area (Å²) < 4.78 is 21.2. The maximum atomic E-state index is 12.2. The van der Waals surface area contributed by atoms with E-state index in [1.165, 1.54) is 6.92 Å². The average Bonchev–Trinajstić information content (AvgIpc) is 2.13. The second kappa shape index (κ2) is 6.12. The van der Waals surface area contributed by atoms with Crippen molar-refractivity contribution in [2.75, 3.05) is 13.3 Å². The molecule has 0 rings (SSSR count). The van der Waals surface area contributed by atoms with Crippen LogP contribution in [0.5, 0.6) is 0 Å². The van der Waals surface area contributed by atoms with E-state index in [0.717, 1.165) is 0 Å². The lowest BCUT2D eigenvalue weighted by Crippen LogP contribution is -2.31. The minimum Gasteiger partial charge on any atom is -0.463 e. The average molecular weight is 204 g/mol. The molecule has 0 radical (unpaired) electrons. The number of alkyl halides is 1. The second-order valence-electron chi connectivity index (χ2n) is 2.58. The third kappa shape index (κ3) is 4.02. The molecule has 0 aliphatic carbocycles. The van der Waals surface area contributed by atoms with Crippen LogP contribution in [0.2, 0.25) is 0 Å². The van der Waals surface area contributed by atoms with Gasteiger partial charge in [0.05, 0.1) is 6.61 Å². The van der Waals surface area contributed by atoms with Gasteiger partial charge in [0.15, 0.2) is 0 Å². The first-order valence-corrected chi connectivity index (χ1v) is 4.12. The minimum atomic E-state index is -1.49. The van der Waals surface area contributed by atoms with Gasteiger partial charge in [-0.3, -0.25) is 0 Å². The zero-order chi connectivity index (χ0) is 11.1. The highest BCUT2D eigenvalue weighted by atomic mass is 19.1. The number of hydrogen-bond acceptors (Lipinski definition) is 4. The van der Waals surface area contributed by atoms with Gasteiger partial charge in [-0.15, -0.1) is 0 Å². The van der Waals surface area contributed by atoms with Crippen molar-refractivity contribution >= 4 is 11.9 Å². The molecule has 0 heterocycles. The van der Waals surface area contributed by atoms with E-state index in [9.17, 15) is 14.0 Å². The van der Waals surface area contributed by atoms with E-state index in [4.69, 9.17) is 0 Å². The van der Waals surface area contributed by atoms with Gasteiger partial charge in [0.1, 0.15) is 6.67 Å². The molecule has 0 amide bonds. The summed E-state index contributed by atoms with van der Waals surface area (Å²) >= 11 is 0. The van der Waals surface area contributed by atoms with Crippen molar-refractivity contribution in [3.8, 4) is 0 Å². The molecule has 5 heteroatoms. The lowest BCUT2D eigenvalue weighted by molar-refractivity contribution is -0.166. The number of esters is 2. The summed E-state index contributed by atoms with van der Waals surface area (Å²) in [4.78, 5) is 21.9. The molecule has 4 nitrogen and oxygen atoms in total. The molecule has 0 bridgehead atoms. The minimum absolute atomic E-state index is 0.104. The van der Waals surface area contributed by atoms with E-state index in [2.05, 4.69) is 16.1 Å². The largest absolute Gasteiger partial charge is 0.463 e. The molecule has 0 N–H and O–H groups in total. The van der Waals surface area contributed by atoms with Crippen molar-refractivity contribution in [2.24, 2.45) is 0 Å². The Morgan fingerprint density at radius 2 is 2.07 bits per heavy atom. The van der Waals surface area contributed by atoms with E-state index < -0.39 is 24.7 Å². The summed E-state index contributed by atoms with van der Waals surface area (Å²) in [6.45, 7) is 5.29. The summed E-state index contributed by atoms with van der Waals surface area (Å²) in [7, 11) is 0. The quantitative estimate of drug-likeness (QED) is 0.495. The van der Waals surface area contributed by atoms with Crippen molar-refractivity contribution in [3.63, 3.8) is 0 Å². The molecule has 0 aliphatic heterocycles. The van der Waals surface area contributed by atoms with E-state index in [1.807, 2.05) is 0 Å². The van der Waals surface area contributed by atoms with Crippen LogP contribution in [-0.4, -0.2) is 31.3 Å². The fourth-order valence-electron chi connectivity index (χ4n) is 0.608. The molecule has 0 aromatic rings. The molecular formula is C9H13FO4. The Morgan fingerprint density at radius 3 is 2.43 bits per heavy atom. The van der Waals surface area contributed by atoms with E-state index in [0.29, 0.717) is 0 Å². The monoisotopic (exact) mass is 204 g/mol. The van der Waals surface area contributed by atoms with Crippen molar-refractivity contribution in [1.29, 1.82) is 0 Å². The highest BCUT2D eigenvalue weighted by Gasteiger charge is 2.24. The van der Waals surface area contributed by atoms with Crippen molar-refractivity contribution in [3.05, 3.63) is 12.2 Å². The number of ether oxygens (including phenoxy) is 2. The molecule has 0 aromatic carbocycles. The lowest BCUT2D eigenvalue weighted by atomic mass is 10.3. The maximum absolute atomic E-state index is 12.2. The predicted molar refractivity (Wildman–Crippen MR) is 47.3 cm³/mol. The Labute approximate surface area is 81.7 Å². The van der Waals surface area contributed by atoms with E-state index >= 15 is 0 Å². The highest BCUT2D eigenvalue weighted by molar-refractivity contribution is 5.89. The summed E-state index contributed by atoms with van der Waals surface area (Å²) in [5, 5.41) is 0. The van der Waals surface area contributed by atoms with Crippen LogP contribution in [0.1, 0.15) is 13.8 Å². The summed E-state index contributed by atoms with van der Waals surface area (Å²) in [5.41, 5.74) is 0.104. The molecule has 0 saturated heterocycles. The van der Waals surface area contributed by atoms with E-state index in [1.54, 1.807) is 6.92 Å². The van der Waals surface area contributed by atoms with Gasteiger partial charge in [-0.05, 0) is 13.8 Å². The highest BCUT2D eigenvalue weighted by Crippen LogP contribution is 2.02.